The number of nitrogens with zero attached hydrogens (tertiary/aromatic N) is 1. The molecule has 0 bridgehead atoms. The Morgan fingerprint density at radius 2 is 2.15 bits per heavy atom. The zero-order chi connectivity index (χ0) is 15.1. The van der Waals surface area contributed by atoms with Crippen LogP contribution in [0.25, 0.3) is 0 Å². The van der Waals surface area contributed by atoms with E-state index in [2.05, 4.69) is 10.2 Å². The van der Waals surface area contributed by atoms with Crippen molar-refractivity contribution in [2.24, 2.45) is 0 Å². The topological polar surface area (TPSA) is 78.6 Å². The van der Waals surface area contributed by atoms with Crippen LogP contribution in [0.2, 0.25) is 5.02 Å². The maximum atomic E-state index is 11.9. The minimum atomic E-state index is -0.0877. The fourth-order valence-corrected chi connectivity index (χ4v) is 1.96. The third-order valence-electron chi connectivity index (χ3n) is 3.02. The van der Waals surface area contributed by atoms with Crippen LogP contribution in [0.1, 0.15) is 20.3 Å². The maximum absolute atomic E-state index is 11.9. The third-order valence-corrected chi connectivity index (χ3v) is 3.37. The molecule has 0 aliphatic carbocycles. The van der Waals surface area contributed by atoms with Crippen molar-refractivity contribution < 1.29 is 9.90 Å². The van der Waals surface area contributed by atoms with Crippen molar-refractivity contribution in [3.05, 3.63) is 23.2 Å². The van der Waals surface area contributed by atoms with Gasteiger partial charge < -0.3 is 16.2 Å². The van der Waals surface area contributed by atoms with Crippen molar-refractivity contribution >= 4 is 28.9 Å². The Kier molecular flexibility index (Phi) is 6.78. The predicted octanol–water partition coefficient (Wildman–Crippen LogP) is 1.95. The molecule has 0 saturated carbocycles. The molecule has 0 unspecified atom stereocenters. The first-order chi connectivity index (χ1) is 9.43. The van der Waals surface area contributed by atoms with Crippen LogP contribution in [0, 0.1) is 0 Å². The van der Waals surface area contributed by atoms with Gasteiger partial charge in [0.2, 0.25) is 5.91 Å². The number of aliphatic hydroxyl groups excluding tert-OH is 1. The number of rotatable bonds is 7. The molecule has 112 valence electrons. The van der Waals surface area contributed by atoms with Crippen molar-refractivity contribution in [2.75, 3.05) is 30.7 Å². The zero-order valence-corrected chi connectivity index (χ0v) is 12.7. The molecule has 1 aromatic carbocycles. The summed E-state index contributed by atoms with van der Waals surface area (Å²) in [5, 5.41) is 12.2. The smallest absolute Gasteiger partial charge is 0.225 e. The van der Waals surface area contributed by atoms with Gasteiger partial charge in [-0.1, -0.05) is 11.6 Å². The summed E-state index contributed by atoms with van der Waals surface area (Å²) in [6, 6.07) is 5.29. The Bertz CT molecular complexity index is 452. The van der Waals surface area contributed by atoms with Crippen LogP contribution in [0.5, 0.6) is 0 Å². The second-order valence-corrected chi connectivity index (χ2v) is 5.29. The predicted molar refractivity (Wildman–Crippen MR) is 82.9 cm³/mol. The monoisotopic (exact) mass is 299 g/mol. The standard InChI is InChI=1S/C14H22ClN3O2/c1-10(2)18(7-8-19)6-5-14(20)17-11-3-4-12(15)13(16)9-11/h3-4,9-10,19H,5-8,16H2,1-2H3,(H,17,20). The summed E-state index contributed by atoms with van der Waals surface area (Å²) in [7, 11) is 0. The van der Waals surface area contributed by atoms with E-state index in [0.717, 1.165) is 0 Å². The van der Waals surface area contributed by atoms with E-state index in [1.165, 1.54) is 0 Å². The number of carbonyl (C=O) groups excluding carboxylic acids is 1. The van der Waals surface area contributed by atoms with E-state index in [0.29, 0.717) is 41.9 Å². The highest BCUT2D eigenvalue weighted by molar-refractivity contribution is 6.33. The van der Waals surface area contributed by atoms with E-state index < -0.39 is 0 Å². The lowest BCUT2D eigenvalue weighted by Gasteiger charge is -2.25. The number of hydrogen-bond donors (Lipinski definition) is 3. The lowest BCUT2D eigenvalue weighted by Crippen LogP contribution is -2.35. The number of benzene rings is 1. The Labute approximate surface area is 124 Å². The number of anilines is 2. The third kappa shape index (κ3) is 5.36. The number of halogens is 1. The lowest BCUT2D eigenvalue weighted by atomic mass is 10.2. The van der Waals surface area contributed by atoms with Gasteiger partial charge >= 0.3 is 0 Å². The summed E-state index contributed by atoms with van der Waals surface area (Å²) in [5.41, 5.74) is 6.75. The molecule has 0 spiro atoms. The molecule has 20 heavy (non-hydrogen) atoms. The van der Waals surface area contributed by atoms with Crippen molar-refractivity contribution in [1.29, 1.82) is 0 Å². The number of amides is 1. The molecule has 0 saturated heterocycles. The molecular weight excluding hydrogens is 278 g/mol. The Balaban J connectivity index is 2.48. The number of hydrogen-bond acceptors (Lipinski definition) is 4. The summed E-state index contributed by atoms with van der Waals surface area (Å²) in [4.78, 5) is 13.9. The van der Waals surface area contributed by atoms with Gasteiger partial charge in [-0.05, 0) is 32.0 Å². The largest absolute Gasteiger partial charge is 0.397 e. The van der Waals surface area contributed by atoms with Crippen molar-refractivity contribution in [3.8, 4) is 0 Å². The number of nitrogens with two attached hydrogens (primary N) is 1. The fourth-order valence-electron chi connectivity index (χ4n) is 1.85. The van der Waals surface area contributed by atoms with Crippen molar-refractivity contribution in [1.82, 2.24) is 4.90 Å². The van der Waals surface area contributed by atoms with Crippen LogP contribution in [0.4, 0.5) is 11.4 Å². The minimum Gasteiger partial charge on any atom is -0.397 e. The minimum absolute atomic E-state index is 0.0877. The SMILES string of the molecule is CC(C)N(CCO)CCC(=O)Nc1ccc(Cl)c(N)c1. The average molecular weight is 300 g/mol. The summed E-state index contributed by atoms with van der Waals surface area (Å²) in [6.07, 6.45) is 0.362. The highest BCUT2D eigenvalue weighted by Crippen LogP contribution is 2.22. The van der Waals surface area contributed by atoms with Gasteiger partial charge in [0.15, 0.2) is 0 Å². The first-order valence-corrected chi connectivity index (χ1v) is 7.01. The van der Waals surface area contributed by atoms with E-state index in [9.17, 15) is 4.79 Å². The van der Waals surface area contributed by atoms with Crippen molar-refractivity contribution in [2.45, 2.75) is 26.3 Å². The molecule has 5 nitrogen and oxygen atoms in total. The van der Waals surface area contributed by atoms with Gasteiger partial charge in [0.05, 0.1) is 17.3 Å². The van der Waals surface area contributed by atoms with Crippen LogP contribution in [0.15, 0.2) is 18.2 Å². The van der Waals surface area contributed by atoms with E-state index in [4.69, 9.17) is 22.4 Å². The first kappa shape index (κ1) is 16.8. The number of aliphatic hydroxyl groups is 1. The number of carbonyl (C=O) groups is 1. The molecule has 0 heterocycles. The molecule has 0 aromatic heterocycles. The molecule has 1 aromatic rings. The highest BCUT2D eigenvalue weighted by atomic mass is 35.5. The van der Waals surface area contributed by atoms with E-state index in [1.807, 2.05) is 13.8 Å². The molecule has 6 heteroatoms. The Hall–Kier alpha value is -1.30. The van der Waals surface area contributed by atoms with Gasteiger partial charge in [-0.15, -0.1) is 0 Å². The molecule has 0 aliphatic heterocycles. The molecule has 0 aliphatic rings. The number of nitrogens with one attached hydrogen (secondary N) is 1. The molecule has 0 atom stereocenters. The first-order valence-electron chi connectivity index (χ1n) is 6.63. The fraction of sp³-hybridized carbons (Fsp3) is 0.500. The van der Waals surface area contributed by atoms with Crippen LogP contribution >= 0.6 is 11.6 Å². The van der Waals surface area contributed by atoms with Gasteiger partial charge in [-0.25, -0.2) is 0 Å². The normalized spacial score (nSPS) is 11.1. The lowest BCUT2D eigenvalue weighted by molar-refractivity contribution is -0.116. The molecule has 4 N–H and O–H groups in total. The van der Waals surface area contributed by atoms with Crippen LogP contribution in [0.3, 0.4) is 0 Å². The van der Waals surface area contributed by atoms with Gasteiger partial charge in [0.1, 0.15) is 0 Å². The molecule has 0 radical (unpaired) electrons. The second-order valence-electron chi connectivity index (χ2n) is 4.89. The zero-order valence-electron chi connectivity index (χ0n) is 11.9. The van der Waals surface area contributed by atoms with Crippen molar-refractivity contribution in [3.63, 3.8) is 0 Å². The second kappa shape index (κ2) is 8.09. The summed E-state index contributed by atoms with van der Waals surface area (Å²) >= 11 is 5.82. The quantitative estimate of drug-likeness (QED) is 0.673. The average Bonchev–Trinajstić information content (AvgIpc) is 2.38. The van der Waals surface area contributed by atoms with Gasteiger partial charge in [-0.3, -0.25) is 9.69 Å². The van der Waals surface area contributed by atoms with Gasteiger partial charge in [0, 0.05) is 31.2 Å². The van der Waals surface area contributed by atoms with E-state index >= 15 is 0 Å². The number of nitrogen functional groups attached to an aromatic ring is 1. The maximum Gasteiger partial charge on any atom is 0.225 e. The molecular formula is C14H22ClN3O2. The highest BCUT2D eigenvalue weighted by Gasteiger charge is 2.11. The Morgan fingerprint density at radius 3 is 2.70 bits per heavy atom. The Morgan fingerprint density at radius 1 is 1.45 bits per heavy atom. The van der Waals surface area contributed by atoms with Gasteiger partial charge in [0.25, 0.3) is 0 Å². The van der Waals surface area contributed by atoms with Gasteiger partial charge in [-0.2, -0.15) is 0 Å². The summed E-state index contributed by atoms with van der Waals surface area (Å²) < 4.78 is 0. The molecule has 1 rings (SSSR count). The molecule has 0 fully saturated rings. The molecule has 1 amide bonds. The van der Waals surface area contributed by atoms with E-state index in [-0.39, 0.29) is 12.5 Å². The summed E-state index contributed by atoms with van der Waals surface area (Å²) in [6.45, 7) is 5.33. The van der Waals surface area contributed by atoms with Crippen LogP contribution < -0.4 is 11.1 Å². The van der Waals surface area contributed by atoms with Crippen LogP contribution in [-0.4, -0.2) is 41.7 Å². The summed E-state index contributed by atoms with van der Waals surface area (Å²) in [5.74, 6) is -0.0877. The van der Waals surface area contributed by atoms with E-state index in [1.54, 1.807) is 18.2 Å². The van der Waals surface area contributed by atoms with Crippen LogP contribution in [-0.2, 0) is 4.79 Å².